The van der Waals surface area contributed by atoms with Gasteiger partial charge in [0.25, 0.3) is 6.01 Å². The molecule has 0 aromatic carbocycles. The van der Waals surface area contributed by atoms with E-state index >= 15 is 0 Å². The van der Waals surface area contributed by atoms with E-state index in [1.54, 1.807) is 24.5 Å². The van der Waals surface area contributed by atoms with E-state index < -0.39 is 6.10 Å². The van der Waals surface area contributed by atoms with Gasteiger partial charge in [-0.15, -0.1) is 11.3 Å². The highest BCUT2D eigenvalue weighted by Crippen LogP contribution is 2.31. The monoisotopic (exact) mass is 453 g/mol. The maximum Gasteiger partial charge on any atom is 0.296 e. The van der Waals surface area contributed by atoms with Gasteiger partial charge in [0.05, 0.1) is 25.3 Å². The van der Waals surface area contributed by atoms with Gasteiger partial charge in [-0.05, 0) is 17.5 Å². The second kappa shape index (κ2) is 8.29. The Balaban J connectivity index is 1.28. The van der Waals surface area contributed by atoms with Crippen molar-refractivity contribution in [3.8, 4) is 11.9 Å². The molecule has 1 unspecified atom stereocenters. The molecule has 11 heteroatoms. The standard InChI is InChI=1S/C19H20ClN3O6S/c1-25-5-10-2-9(8-30-10)4-28-18-11(20)3-12-17(22-18)23-19(21-12)29-14-7-27-15-13(24)6-26-16(14)15/h2-3,8,13-16,24H,4-7H2,1H3,(H,21,22,23)/t13-,14-,15-,16?/m1/s1. The van der Waals surface area contributed by atoms with E-state index in [1.807, 2.05) is 11.4 Å². The number of hydrogen-bond acceptors (Lipinski definition) is 9. The van der Waals surface area contributed by atoms with Crippen molar-refractivity contribution in [2.75, 3.05) is 20.3 Å². The first-order valence-corrected chi connectivity index (χ1v) is 10.7. The van der Waals surface area contributed by atoms with E-state index in [4.69, 9.17) is 35.3 Å². The number of hydrogen-bond donors (Lipinski definition) is 2. The molecule has 2 aliphatic heterocycles. The van der Waals surface area contributed by atoms with Crippen LogP contribution in [0.25, 0.3) is 11.2 Å². The summed E-state index contributed by atoms with van der Waals surface area (Å²) in [5, 5.41) is 12.2. The summed E-state index contributed by atoms with van der Waals surface area (Å²) < 4.78 is 28.0. The Morgan fingerprint density at radius 1 is 1.23 bits per heavy atom. The largest absolute Gasteiger partial charge is 0.472 e. The molecule has 5 rings (SSSR count). The number of methoxy groups -OCH3 is 1. The Morgan fingerprint density at radius 3 is 2.97 bits per heavy atom. The van der Waals surface area contributed by atoms with Crippen LogP contribution < -0.4 is 9.47 Å². The number of rotatable bonds is 7. The fourth-order valence-corrected chi connectivity index (χ4v) is 4.65. The van der Waals surface area contributed by atoms with Crippen LogP contribution in [0.4, 0.5) is 0 Å². The summed E-state index contributed by atoms with van der Waals surface area (Å²) in [4.78, 5) is 13.0. The number of aromatic nitrogens is 3. The van der Waals surface area contributed by atoms with Crippen LogP contribution >= 0.6 is 22.9 Å². The van der Waals surface area contributed by atoms with E-state index in [0.29, 0.717) is 41.9 Å². The predicted molar refractivity (Wildman–Crippen MR) is 108 cm³/mol. The minimum atomic E-state index is -0.631. The molecule has 160 valence electrons. The second-order valence-electron chi connectivity index (χ2n) is 7.15. The lowest BCUT2D eigenvalue weighted by molar-refractivity contribution is 0.00706. The molecule has 0 aliphatic carbocycles. The normalized spacial score (nSPS) is 25.7. The summed E-state index contributed by atoms with van der Waals surface area (Å²) >= 11 is 7.94. The molecule has 2 saturated heterocycles. The number of imidazole rings is 1. The molecule has 2 fully saturated rings. The smallest absolute Gasteiger partial charge is 0.296 e. The fraction of sp³-hybridized carbons (Fsp3) is 0.474. The fourth-order valence-electron chi connectivity index (χ4n) is 3.60. The number of aliphatic hydroxyl groups is 1. The van der Waals surface area contributed by atoms with Gasteiger partial charge in [0, 0.05) is 17.6 Å². The number of aromatic amines is 1. The molecule has 0 saturated carbocycles. The van der Waals surface area contributed by atoms with Gasteiger partial charge >= 0.3 is 0 Å². The molecule has 0 amide bonds. The number of H-pyrrole nitrogens is 1. The molecule has 2 N–H and O–H groups in total. The Labute approximate surface area is 180 Å². The van der Waals surface area contributed by atoms with E-state index in [-0.39, 0.29) is 30.9 Å². The van der Waals surface area contributed by atoms with E-state index in [0.717, 1.165) is 10.4 Å². The Morgan fingerprint density at radius 2 is 2.10 bits per heavy atom. The van der Waals surface area contributed by atoms with Gasteiger partial charge in [0.2, 0.25) is 5.88 Å². The number of nitrogens with zero attached hydrogens (tertiary/aromatic N) is 2. The quantitative estimate of drug-likeness (QED) is 0.561. The first-order chi connectivity index (χ1) is 14.6. The van der Waals surface area contributed by atoms with E-state index in [9.17, 15) is 5.11 Å². The zero-order chi connectivity index (χ0) is 20.7. The zero-order valence-corrected chi connectivity index (χ0v) is 17.6. The van der Waals surface area contributed by atoms with Crippen LogP contribution in [0.5, 0.6) is 11.9 Å². The Kier molecular flexibility index (Phi) is 5.52. The lowest BCUT2D eigenvalue weighted by Crippen LogP contribution is -2.34. The Bertz CT molecular complexity index is 1040. The SMILES string of the molecule is COCc1cc(COc2nc3nc(O[C@@H]4CO[C@H]5C4OC[C@H]5O)[nH]c3cc2Cl)cs1. The highest BCUT2D eigenvalue weighted by molar-refractivity contribution is 7.10. The molecule has 0 radical (unpaired) electrons. The number of nitrogens with one attached hydrogen (secondary N) is 1. The molecule has 4 atom stereocenters. The van der Waals surface area contributed by atoms with Crippen molar-refractivity contribution in [2.45, 2.75) is 37.6 Å². The summed E-state index contributed by atoms with van der Waals surface area (Å²) in [5.41, 5.74) is 2.08. The summed E-state index contributed by atoms with van der Waals surface area (Å²) in [6, 6.07) is 4.01. The van der Waals surface area contributed by atoms with Crippen LogP contribution in [0.1, 0.15) is 10.4 Å². The zero-order valence-electron chi connectivity index (χ0n) is 16.0. The highest BCUT2D eigenvalue weighted by atomic mass is 35.5. The predicted octanol–water partition coefficient (Wildman–Crippen LogP) is 2.30. The number of halogens is 1. The van der Waals surface area contributed by atoms with Gasteiger partial charge in [0.15, 0.2) is 11.8 Å². The highest BCUT2D eigenvalue weighted by Gasteiger charge is 2.48. The minimum Gasteiger partial charge on any atom is -0.472 e. The summed E-state index contributed by atoms with van der Waals surface area (Å²) in [5.74, 6) is 0.299. The molecule has 30 heavy (non-hydrogen) atoms. The van der Waals surface area contributed by atoms with Gasteiger partial charge in [-0.25, -0.2) is 0 Å². The third-order valence-electron chi connectivity index (χ3n) is 4.99. The third-order valence-corrected chi connectivity index (χ3v) is 6.22. The average molecular weight is 454 g/mol. The third kappa shape index (κ3) is 3.86. The van der Waals surface area contributed by atoms with Crippen molar-refractivity contribution in [3.05, 3.63) is 33.0 Å². The van der Waals surface area contributed by atoms with Gasteiger partial charge in [0.1, 0.15) is 29.9 Å². The molecule has 2 aliphatic rings. The van der Waals surface area contributed by atoms with Crippen molar-refractivity contribution in [3.63, 3.8) is 0 Å². The van der Waals surface area contributed by atoms with Crippen LogP contribution in [0, 0.1) is 0 Å². The van der Waals surface area contributed by atoms with Gasteiger partial charge in [-0.1, -0.05) is 11.6 Å². The molecule has 3 aromatic rings. The van der Waals surface area contributed by atoms with Gasteiger partial charge in [-0.2, -0.15) is 9.97 Å². The molecular formula is C19H20ClN3O6S. The molecule has 0 spiro atoms. The number of pyridine rings is 1. The van der Waals surface area contributed by atoms with E-state index in [1.165, 1.54) is 0 Å². The van der Waals surface area contributed by atoms with Crippen molar-refractivity contribution in [1.82, 2.24) is 15.0 Å². The Hall–Kier alpha value is -1.95. The summed E-state index contributed by atoms with van der Waals surface area (Å²) in [6.07, 6.45) is -1.68. The van der Waals surface area contributed by atoms with Crippen molar-refractivity contribution in [1.29, 1.82) is 0 Å². The van der Waals surface area contributed by atoms with Crippen molar-refractivity contribution in [2.24, 2.45) is 0 Å². The van der Waals surface area contributed by atoms with Gasteiger partial charge < -0.3 is 33.8 Å². The minimum absolute atomic E-state index is 0.240. The summed E-state index contributed by atoms with van der Waals surface area (Å²) in [7, 11) is 1.67. The average Bonchev–Trinajstić information content (AvgIpc) is 3.48. The molecule has 0 bridgehead atoms. The van der Waals surface area contributed by atoms with Crippen molar-refractivity contribution >= 4 is 34.1 Å². The maximum absolute atomic E-state index is 9.85. The lowest BCUT2D eigenvalue weighted by atomic mass is 10.1. The van der Waals surface area contributed by atoms with Crippen LogP contribution in [-0.4, -0.2) is 64.8 Å². The van der Waals surface area contributed by atoms with Crippen molar-refractivity contribution < 1.29 is 28.8 Å². The summed E-state index contributed by atoms with van der Waals surface area (Å²) in [6.45, 7) is 1.47. The lowest BCUT2D eigenvalue weighted by Gasteiger charge is -2.15. The molecule has 5 heterocycles. The van der Waals surface area contributed by atoms with Crippen LogP contribution in [-0.2, 0) is 27.4 Å². The van der Waals surface area contributed by atoms with Gasteiger partial charge in [-0.3, -0.25) is 0 Å². The molecular weight excluding hydrogens is 434 g/mol. The van der Waals surface area contributed by atoms with E-state index in [2.05, 4.69) is 15.0 Å². The van der Waals surface area contributed by atoms with Crippen LogP contribution in [0.2, 0.25) is 5.02 Å². The second-order valence-corrected chi connectivity index (χ2v) is 8.55. The molecule has 3 aromatic heterocycles. The topological polar surface area (TPSA) is 108 Å². The number of ether oxygens (including phenoxy) is 5. The number of fused-ring (bicyclic) bond motifs is 2. The van der Waals surface area contributed by atoms with Crippen LogP contribution in [0.15, 0.2) is 17.5 Å². The molecule has 9 nitrogen and oxygen atoms in total. The number of thiophene rings is 1. The maximum atomic E-state index is 9.85. The first-order valence-electron chi connectivity index (χ1n) is 9.43. The van der Waals surface area contributed by atoms with Crippen LogP contribution in [0.3, 0.4) is 0 Å². The first kappa shape index (κ1) is 20.0. The number of aliphatic hydroxyl groups excluding tert-OH is 1.